The molecule has 1 atom stereocenters. The molecule has 1 aromatic heterocycles. The average molecular weight is 369 g/mol. The Morgan fingerprint density at radius 1 is 1.27 bits per heavy atom. The van der Waals surface area contributed by atoms with E-state index in [0.29, 0.717) is 16.8 Å². The van der Waals surface area contributed by atoms with Gasteiger partial charge in [-0.25, -0.2) is 0 Å². The van der Waals surface area contributed by atoms with Crippen molar-refractivity contribution in [3.8, 4) is 11.3 Å². The predicted molar refractivity (Wildman–Crippen MR) is 103 cm³/mol. The summed E-state index contributed by atoms with van der Waals surface area (Å²) in [4.78, 5) is 11.3. The van der Waals surface area contributed by atoms with Crippen molar-refractivity contribution < 1.29 is 13.9 Å². The van der Waals surface area contributed by atoms with E-state index in [0.717, 1.165) is 16.5 Å². The third kappa shape index (κ3) is 3.63. The van der Waals surface area contributed by atoms with Crippen LogP contribution in [0.15, 0.2) is 51.4 Å². The highest BCUT2D eigenvalue weighted by Crippen LogP contribution is 2.30. The van der Waals surface area contributed by atoms with E-state index in [1.807, 2.05) is 45.0 Å². The monoisotopic (exact) mass is 369 g/mol. The number of fused-ring (bicyclic) bond motifs is 1. The van der Waals surface area contributed by atoms with Gasteiger partial charge < -0.3 is 14.8 Å². The molecule has 0 fully saturated rings. The summed E-state index contributed by atoms with van der Waals surface area (Å²) in [6.45, 7) is 5.61. The molecule has 134 valence electrons. The van der Waals surface area contributed by atoms with E-state index in [4.69, 9.17) is 10.3 Å². The second kappa shape index (κ2) is 6.93. The van der Waals surface area contributed by atoms with E-state index in [2.05, 4.69) is 9.55 Å². The summed E-state index contributed by atoms with van der Waals surface area (Å²) in [5.74, 6) is -0.526. The third-order valence-electron chi connectivity index (χ3n) is 3.78. The molecule has 1 heterocycles. The van der Waals surface area contributed by atoms with Gasteiger partial charge in [-0.2, -0.15) is 0 Å². The molecule has 0 aliphatic rings. The molecule has 3 rings (SSSR count). The summed E-state index contributed by atoms with van der Waals surface area (Å²) >= 11 is -1.35. The standard InChI is InChI=1S/C19H19N3O3S/c1-19(2,3)26(24)21-11-13-6-4-5-7-14(13)17-15-9-8-12(18(20)23)10-16(15)25-22-17/h4-11H,1-3H3,(H2,20,23)/b21-11+. The van der Waals surface area contributed by atoms with Crippen LogP contribution in [0.1, 0.15) is 36.7 Å². The molecule has 2 aromatic carbocycles. The SMILES string of the molecule is CC(C)(C)[S+]([O-])/N=C/c1ccccc1-c1noc2cc(C(N)=O)ccc12. The van der Waals surface area contributed by atoms with Crippen LogP contribution in [0.3, 0.4) is 0 Å². The summed E-state index contributed by atoms with van der Waals surface area (Å²) in [7, 11) is 0. The van der Waals surface area contributed by atoms with Crippen LogP contribution >= 0.6 is 0 Å². The Bertz CT molecular complexity index is 989. The minimum Gasteiger partial charge on any atom is -0.591 e. The van der Waals surface area contributed by atoms with Gasteiger partial charge in [0, 0.05) is 22.1 Å². The number of benzene rings is 2. The van der Waals surface area contributed by atoms with Crippen molar-refractivity contribution in [2.24, 2.45) is 10.1 Å². The van der Waals surface area contributed by atoms with Gasteiger partial charge in [0.25, 0.3) is 0 Å². The fourth-order valence-electron chi connectivity index (χ4n) is 2.37. The Morgan fingerprint density at radius 3 is 2.69 bits per heavy atom. The van der Waals surface area contributed by atoms with E-state index in [9.17, 15) is 9.35 Å². The molecule has 1 amide bonds. The fraction of sp³-hybridized carbons (Fsp3) is 0.211. The first-order valence-electron chi connectivity index (χ1n) is 8.02. The van der Waals surface area contributed by atoms with Gasteiger partial charge in [-0.05, 0) is 39.0 Å². The molecule has 3 aromatic rings. The fourth-order valence-corrected chi connectivity index (χ4v) is 2.90. The molecule has 0 bridgehead atoms. The lowest BCUT2D eigenvalue weighted by molar-refractivity contribution is 0.100. The Hall–Kier alpha value is -2.64. The van der Waals surface area contributed by atoms with Crippen LogP contribution in [0.25, 0.3) is 22.2 Å². The number of hydrogen-bond acceptors (Lipinski definition) is 5. The van der Waals surface area contributed by atoms with E-state index < -0.39 is 22.0 Å². The Morgan fingerprint density at radius 2 is 2.00 bits per heavy atom. The maximum absolute atomic E-state index is 12.2. The van der Waals surface area contributed by atoms with Gasteiger partial charge in [-0.15, -0.1) is 0 Å². The number of nitrogens with zero attached hydrogens (tertiary/aromatic N) is 2. The van der Waals surface area contributed by atoms with Crippen LogP contribution in [-0.2, 0) is 11.4 Å². The quantitative estimate of drug-likeness (QED) is 0.561. The first kappa shape index (κ1) is 18.2. The molecule has 0 saturated carbocycles. The van der Waals surface area contributed by atoms with Crippen LogP contribution in [-0.4, -0.2) is 26.6 Å². The minimum atomic E-state index is -1.35. The second-order valence-corrected chi connectivity index (χ2v) is 8.72. The van der Waals surface area contributed by atoms with Crippen molar-refractivity contribution in [3.05, 3.63) is 53.6 Å². The Balaban J connectivity index is 2.04. The Kier molecular flexibility index (Phi) is 4.84. The third-order valence-corrected chi connectivity index (χ3v) is 5.13. The molecule has 0 aliphatic heterocycles. The van der Waals surface area contributed by atoms with Crippen molar-refractivity contribution in [3.63, 3.8) is 0 Å². The molecule has 0 spiro atoms. The van der Waals surface area contributed by atoms with Gasteiger partial charge in [0.2, 0.25) is 5.91 Å². The van der Waals surface area contributed by atoms with Gasteiger partial charge in [-0.1, -0.05) is 33.8 Å². The second-order valence-electron chi connectivity index (χ2n) is 6.79. The summed E-state index contributed by atoms with van der Waals surface area (Å²) in [5, 5.41) is 4.90. The van der Waals surface area contributed by atoms with Crippen LogP contribution in [0, 0.1) is 0 Å². The van der Waals surface area contributed by atoms with Crippen molar-refractivity contribution in [2.45, 2.75) is 25.5 Å². The largest absolute Gasteiger partial charge is 0.591 e. The van der Waals surface area contributed by atoms with Crippen molar-refractivity contribution >= 4 is 34.5 Å². The highest BCUT2D eigenvalue weighted by atomic mass is 32.2. The van der Waals surface area contributed by atoms with Gasteiger partial charge in [0.15, 0.2) is 5.58 Å². The van der Waals surface area contributed by atoms with E-state index in [1.54, 1.807) is 24.4 Å². The van der Waals surface area contributed by atoms with Gasteiger partial charge in [0.1, 0.15) is 21.8 Å². The zero-order valence-corrected chi connectivity index (χ0v) is 15.5. The van der Waals surface area contributed by atoms with Crippen LogP contribution < -0.4 is 5.73 Å². The lowest BCUT2D eigenvalue weighted by Crippen LogP contribution is -2.25. The van der Waals surface area contributed by atoms with Crippen LogP contribution in [0.4, 0.5) is 0 Å². The molecular formula is C19H19N3O3S. The van der Waals surface area contributed by atoms with E-state index in [1.165, 1.54) is 0 Å². The molecule has 1 unspecified atom stereocenters. The minimum absolute atomic E-state index is 0.357. The van der Waals surface area contributed by atoms with Gasteiger partial charge in [0.05, 0.1) is 6.21 Å². The zero-order valence-electron chi connectivity index (χ0n) is 14.7. The number of amides is 1. The number of rotatable bonds is 4. The summed E-state index contributed by atoms with van der Waals surface area (Å²) in [5.41, 5.74) is 8.33. The first-order chi connectivity index (χ1) is 12.3. The molecular weight excluding hydrogens is 350 g/mol. The number of aromatic nitrogens is 1. The maximum atomic E-state index is 12.2. The lowest BCUT2D eigenvalue weighted by atomic mass is 10.0. The summed E-state index contributed by atoms with van der Waals surface area (Å²) < 4.78 is 21.3. The maximum Gasteiger partial charge on any atom is 0.248 e. The Labute approximate surface area is 154 Å². The van der Waals surface area contributed by atoms with Gasteiger partial charge in [-0.3, -0.25) is 4.79 Å². The number of carbonyl (C=O) groups excluding carboxylic acids is 1. The lowest BCUT2D eigenvalue weighted by Gasteiger charge is -2.17. The molecule has 26 heavy (non-hydrogen) atoms. The highest BCUT2D eigenvalue weighted by Gasteiger charge is 2.26. The first-order valence-corrected chi connectivity index (χ1v) is 9.13. The smallest absolute Gasteiger partial charge is 0.248 e. The predicted octanol–water partition coefficient (Wildman–Crippen LogP) is 3.47. The topological polar surface area (TPSA) is 105 Å². The zero-order chi connectivity index (χ0) is 18.9. The molecule has 0 radical (unpaired) electrons. The average Bonchev–Trinajstić information content (AvgIpc) is 3.02. The van der Waals surface area contributed by atoms with Crippen LogP contribution in [0.2, 0.25) is 0 Å². The van der Waals surface area contributed by atoms with Crippen molar-refractivity contribution in [1.29, 1.82) is 0 Å². The molecule has 6 nitrogen and oxygen atoms in total. The molecule has 0 aliphatic carbocycles. The number of hydrogen-bond donors (Lipinski definition) is 1. The van der Waals surface area contributed by atoms with E-state index >= 15 is 0 Å². The molecule has 7 heteroatoms. The van der Waals surface area contributed by atoms with Crippen LogP contribution in [0.5, 0.6) is 0 Å². The number of nitrogens with two attached hydrogens (primary N) is 1. The summed E-state index contributed by atoms with van der Waals surface area (Å²) in [6, 6.07) is 12.5. The number of carbonyl (C=O) groups is 1. The number of primary amides is 1. The highest BCUT2D eigenvalue weighted by molar-refractivity contribution is 7.91. The molecule has 0 saturated heterocycles. The van der Waals surface area contributed by atoms with Crippen molar-refractivity contribution in [2.75, 3.05) is 0 Å². The molecule has 2 N–H and O–H groups in total. The van der Waals surface area contributed by atoms with Crippen molar-refractivity contribution in [1.82, 2.24) is 5.16 Å². The summed E-state index contributed by atoms with van der Waals surface area (Å²) in [6.07, 6.45) is 1.59. The normalized spacial score (nSPS) is 13.4. The van der Waals surface area contributed by atoms with E-state index in [-0.39, 0.29) is 0 Å². The van der Waals surface area contributed by atoms with Gasteiger partial charge >= 0.3 is 0 Å².